The van der Waals surface area contributed by atoms with Crippen LogP contribution in [0, 0.1) is 6.92 Å². The lowest BCUT2D eigenvalue weighted by molar-refractivity contribution is -0.122. The zero-order chi connectivity index (χ0) is 18.6. The molecule has 0 saturated heterocycles. The van der Waals surface area contributed by atoms with Crippen LogP contribution in [0.25, 0.3) is 0 Å². The molecule has 25 heavy (non-hydrogen) atoms. The lowest BCUT2D eigenvalue weighted by atomic mass is 10.0. The van der Waals surface area contributed by atoms with Crippen LogP contribution in [0.5, 0.6) is 5.75 Å². The number of carbonyl (C=O) groups excluding carboxylic acids is 2. The van der Waals surface area contributed by atoms with Crippen LogP contribution >= 0.6 is 0 Å². The minimum atomic E-state index is -0.653. The summed E-state index contributed by atoms with van der Waals surface area (Å²) in [5.41, 5.74) is 3.30. The van der Waals surface area contributed by atoms with Crippen LogP contribution in [0.4, 0.5) is 5.69 Å². The molecule has 1 N–H and O–H groups in total. The molecule has 0 radical (unpaired) electrons. The maximum Gasteiger partial charge on any atom is 0.265 e. The lowest BCUT2D eigenvalue weighted by Gasteiger charge is -2.19. The van der Waals surface area contributed by atoms with Crippen molar-refractivity contribution < 1.29 is 14.3 Å². The van der Waals surface area contributed by atoms with Crippen molar-refractivity contribution in [3.05, 3.63) is 59.2 Å². The summed E-state index contributed by atoms with van der Waals surface area (Å²) in [6, 6.07) is 12.9. The van der Waals surface area contributed by atoms with Gasteiger partial charge in [-0.25, -0.2) is 0 Å². The summed E-state index contributed by atoms with van der Waals surface area (Å²) in [4.78, 5) is 23.9. The normalized spacial score (nSPS) is 11.9. The maximum absolute atomic E-state index is 12.4. The Morgan fingerprint density at radius 3 is 2.40 bits per heavy atom. The second-order valence-corrected chi connectivity index (χ2v) is 6.58. The SMILES string of the molecule is CC(=O)c1cccc(NC(=O)[C@H](C)Oc2cc(C)ccc2C(C)C)c1. The fraction of sp³-hybridized carbons (Fsp3) is 0.333. The molecule has 1 atom stereocenters. The monoisotopic (exact) mass is 339 g/mol. The van der Waals surface area contributed by atoms with E-state index in [1.807, 2.05) is 25.1 Å². The van der Waals surface area contributed by atoms with Crippen LogP contribution in [-0.2, 0) is 4.79 Å². The molecule has 2 rings (SSSR count). The van der Waals surface area contributed by atoms with Crippen molar-refractivity contribution in [1.82, 2.24) is 0 Å². The largest absolute Gasteiger partial charge is 0.481 e. The van der Waals surface area contributed by atoms with Crippen molar-refractivity contribution in [2.45, 2.75) is 46.6 Å². The molecule has 0 bridgehead atoms. The highest BCUT2D eigenvalue weighted by molar-refractivity contribution is 5.98. The Balaban J connectivity index is 2.12. The van der Waals surface area contributed by atoms with E-state index in [1.54, 1.807) is 31.2 Å². The number of ether oxygens (including phenoxy) is 1. The first-order valence-corrected chi connectivity index (χ1v) is 8.47. The van der Waals surface area contributed by atoms with Gasteiger partial charge in [0.05, 0.1) is 0 Å². The highest BCUT2D eigenvalue weighted by Gasteiger charge is 2.18. The van der Waals surface area contributed by atoms with Gasteiger partial charge >= 0.3 is 0 Å². The van der Waals surface area contributed by atoms with Crippen LogP contribution in [-0.4, -0.2) is 17.8 Å². The zero-order valence-corrected chi connectivity index (χ0v) is 15.4. The Hall–Kier alpha value is -2.62. The molecule has 0 aromatic heterocycles. The molecule has 4 nitrogen and oxygen atoms in total. The Kier molecular flexibility index (Phi) is 5.97. The van der Waals surface area contributed by atoms with E-state index in [1.165, 1.54) is 6.92 Å². The number of nitrogens with one attached hydrogen (secondary N) is 1. The van der Waals surface area contributed by atoms with Gasteiger partial charge in [0.25, 0.3) is 5.91 Å². The van der Waals surface area contributed by atoms with E-state index in [0.717, 1.165) is 16.9 Å². The average molecular weight is 339 g/mol. The maximum atomic E-state index is 12.4. The first-order valence-electron chi connectivity index (χ1n) is 8.47. The molecule has 0 spiro atoms. The van der Waals surface area contributed by atoms with Crippen LogP contribution in [0.2, 0.25) is 0 Å². The third-order valence-corrected chi connectivity index (χ3v) is 4.00. The number of aryl methyl sites for hydroxylation is 1. The predicted octanol–water partition coefficient (Wildman–Crippen LogP) is 4.73. The minimum Gasteiger partial charge on any atom is -0.481 e. The summed E-state index contributed by atoms with van der Waals surface area (Å²) in [5, 5.41) is 2.80. The Morgan fingerprint density at radius 2 is 1.76 bits per heavy atom. The van der Waals surface area contributed by atoms with Crippen LogP contribution in [0.3, 0.4) is 0 Å². The van der Waals surface area contributed by atoms with Gasteiger partial charge in [-0.3, -0.25) is 9.59 Å². The summed E-state index contributed by atoms with van der Waals surface area (Å²) < 4.78 is 5.92. The van der Waals surface area contributed by atoms with Gasteiger partial charge in [-0.05, 0) is 56.0 Å². The number of hydrogen-bond donors (Lipinski definition) is 1. The molecule has 1 amide bonds. The Morgan fingerprint density at radius 1 is 1.04 bits per heavy atom. The zero-order valence-electron chi connectivity index (χ0n) is 15.4. The molecule has 0 unspecified atom stereocenters. The lowest BCUT2D eigenvalue weighted by Crippen LogP contribution is -2.30. The van der Waals surface area contributed by atoms with Crippen molar-refractivity contribution >= 4 is 17.4 Å². The minimum absolute atomic E-state index is 0.0401. The highest BCUT2D eigenvalue weighted by atomic mass is 16.5. The second kappa shape index (κ2) is 7.97. The van der Waals surface area contributed by atoms with Gasteiger partial charge in [0.15, 0.2) is 11.9 Å². The molecule has 0 saturated carbocycles. The van der Waals surface area contributed by atoms with Crippen LogP contribution in [0.15, 0.2) is 42.5 Å². The molecule has 0 fully saturated rings. The molecular weight excluding hydrogens is 314 g/mol. The van der Waals surface area contributed by atoms with E-state index in [9.17, 15) is 9.59 Å². The molecule has 0 aliphatic carbocycles. The molecule has 132 valence electrons. The van der Waals surface area contributed by atoms with Crippen molar-refractivity contribution in [3.63, 3.8) is 0 Å². The number of Topliss-reactive ketones (excluding diaryl/α,β-unsaturated/α-hetero) is 1. The quantitative estimate of drug-likeness (QED) is 0.774. The average Bonchev–Trinajstić information content (AvgIpc) is 2.54. The van der Waals surface area contributed by atoms with Gasteiger partial charge in [0, 0.05) is 11.3 Å². The van der Waals surface area contributed by atoms with Crippen LogP contribution in [0.1, 0.15) is 55.1 Å². The van der Waals surface area contributed by atoms with Crippen molar-refractivity contribution in [1.29, 1.82) is 0 Å². The van der Waals surface area contributed by atoms with Crippen molar-refractivity contribution in [2.75, 3.05) is 5.32 Å². The number of benzene rings is 2. The van der Waals surface area contributed by atoms with Gasteiger partial charge in [-0.1, -0.05) is 38.1 Å². The molecule has 2 aromatic carbocycles. The number of anilines is 1. The highest BCUT2D eigenvalue weighted by Crippen LogP contribution is 2.28. The number of carbonyl (C=O) groups is 2. The topological polar surface area (TPSA) is 55.4 Å². The van der Waals surface area contributed by atoms with E-state index >= 15 is 0 Å². The molecule has 4 heteroatoms. The van der Waals surface area contributed by atoms with E-state index < -0.39 is 6.10 Å². The van der Waals surface area contributed by atoms with Gasteiger partial charge in [-0.15, -0.1) is 0 Å². The summed E-state index contributed by atoms with van der Waals surface area (Å²) in [5.74, 6) is 0.742. The molecule has 0 aliphatic rings. The first-order chi connectivity index (χ1) is 11.8. The van der Waals surface area contributed by atoms with Crippen LogP contribution < -0.4 is 10.1 Å². The molecule has 0 heterocycles. The van der Waals surface area contributed by atoms with E-state index in [-0.39, 0.29) is 11.7 Å². The Labute approximate surface area is 149 Å². The number of hydrogen-bond acceptors (Lipinski definition) is 3. The summed E-state index contributed by atoms with van der Waals surface area (Å²) in [6.45, 7) is 9.40. The predicted molar refractivity (Wildman–Crippen MR) is 100 cm³/mol. The number of ketones is 1. The fourth-order valence-corrected chi connectivity index (χ4v) is 2.52. The molecule has 2 aromatic rings. The Bertz CT molecular complexity index is 780. The van der Waals surface area contributed by atoms with Gasteiger partial charge < -0.3 is 10.1 Å². The van der Waals surface area contributed by atoms with Gasteiger partial charge in [0.1, 0.15) is 5.75 Å². The standard InChI is InChI=1S/C21H25NO3/c1-13(2)19-10-9-14(3)11-20(19)25-16(5)21(24)22-18-8-6-7-17(12-18)15(4)23/h6-13,16H,1-5H3,(H,22,24)/t16-/m0/s1. The summed E-state index contributed by atoms with van der Waals surface area (Å²) >= 11 is 0. The fourth-order valence-electron chi connectivity index (χ4n) is 2.52. The van der Waals surface area contributed by atoms with E-state index in [0.29, 0.717) is 17.2 Å². The van der Waals surface area contributed by atoms with Crippen molar-refractivity contribution in [3.8, 4) is 5.75 Å². The van der Waals surface area contributed by atoms with E-state index in [4.69, 9.17) is 4.74 Å². The number of rotatable bonds is 6. The number of amides is 1. The second-order valence-electron chi connectivity index (χ2n) is 6.58. The summed E-state index contributed by atoms with van der Waals surface area (Å²) in [7, 11) is 0. The molecular formula is C21H25NO3. The smallest absolute Gasteiger partial charge is 0.265 e. The third-order valence-electron chi connectivity index (χ3n) is 4.00. The van der Waals surface area contributed by atoms with Gasteiger partial charge in [-0.2, -0.15) is 0 Å². The van der Waals surface area contributed by atoms with Crippen molar-refractivity contribution in [2.24, 2.45) is 0 Å². The van der Waals surface area contributed by atoms with Gasteiger partial charge in [0.2, 0.25) is 0 Å². The summed E-state index contributed by atoms with van der Waals surface area (Å²) in [6.07, 6.45) is -0.653. The molecule has 0 aliphatic heterocycles. The third kappa shape index (κ3) is 4.92. The first kappa shape index (κ1) is 18.7. The van der Waals surface area contributed by atoms with E-state index in [2.05, 4.69) is 19.2 Å².